The minimum atomic E-state index is -0.616. The number of nitrogens with zero attached hydrogens (tertiary/aromatic N) is 1. The third-order valence-electron chi connectivity index (χ3n) is 6.36. The molecule has 1 saturated heterocycles. The van der Waals surface area contributed by atoms with Crippen molar-refractivity contribution in [3.63, 3.8) is 0 Å². The fraction of sp³-hybridized carbons (Fsp3) is 0.520. The summed E-state index contributed by atoms with van der Waals surface area (Å²) in [6.45, 7) is 7.60. The van der Waals surface area contributed by atoms with Crippen LogP contribution in [0.5, 0.6) is 11.5 Å². The Labute approximate surface area is 193 Å². The van der Waals surface area contributed by atoms with Crippen LogP contribution in [0.2, 0.25) is 0 Å². The maximum atomic E-state index is 12.9. The maximum absolute atomic E-state index is 12.9. The van der Waals surface area contributed by atoms with Crippen molar-refractivity contribution in [2.75, 3.05) is 40.6 Å². The Balaban J connectivity index is 1.86. The Hall–Kier alpha value is -2.84. The van der Waals surface area contributed by atoms with Gasteiger partial charge in [-0.25, -0.2) is 4.79 Å². The van der Waals surface area contributed by atoms with E-state index in [0.717, 1.165) is 17.5 Å². The molecule has 8 heteroatoms. The average Bonchev–Trinajstić information content (AvgIpc) is 3.11. The number of methoxy groups -OCH3 is 2. The van der Waals surface area contributed by atoms with Gasteiger partial charge in [0, 0.05) is 43.9 Å². The number of carbonyl (C=O) groups excluding carboxylic acids is 1. The van der Waals surface area contributed by atoms with E-state index in [1.54, 1.807) is 27.3 Å². The zero-order chi connectivity index (χ0) is 23.8. The molecule has 4 rings (SSSR count). The Kier molecular flexibility index (Phi) is 6.50. The summed E-state index contributed by atoms with van der Waals surface area (Å²) in [4.78, 5) is 25.3. The Bertz CT molecular complexity index is 1100. The first-order chi connectivity index (χ1) is 15.8. The van der Waals surface area contributed by atoms with Gasteiger partial charge in [-0.15, -0.1) is 0 Å². The van der Waals surface area contributed by atoms with Crippen LogP contribution in [0.25, 0.3) is 11.3 Å². The Morgan fingerprint density at radius 1 is 1.18 bits per heavy atom. The van der Waals surface area contributed by atoms with Gasteiger partial charge in [-0.3, -0.25) is 4.79 Å². The molecule has 0 spiro atoms. The first kappa shape index (κ1) is 23.3. The molecule has 2 aliphatic rings. The molecule has 0 amide bonds. The van der Waals surface area contributed by atoms with E-state index in [2.05, 4.69) is 0 Å². The highest BCUT2D eigenvalue weighted by Crippen LogP contribution is 2.54. The normalized spacial score (nSPS) is 19.9. The van der Waals surface area contributed by atoms with Crippen molar-refractivity contribution in [1.29, 1.82) is 0 Å². The molecule has 0 bridgehead atoms. The molecule has 0 unspecified atom stereocenters. The molecular weight excluding hydrogens is 426 g/mol. The van der Waals surface area contributed by atoms with Gasteiger partial charge in [0.05, 0.1) is 44.3 Å². The van der Waals surface area contributed by atoms with Crippen LogP contribution >= 0.6 is 0 Å². The summed E-state index contributed by atoms with van der Waals surface area (Å²) in [7, 11) is 3.25. The number of benzene rings is 1. The minimum Gasteiger partial charge on any atom is -0.493 e. The second-order valence-electron chi connectivity index (χ2n) is 8.82. The standard InChI is InChI=1S/C25H31NO7/c1-6-31-24(28)17-13-26-19(12-20(17)27)16-11-21(30-5)22(32-9-7-8-29-4)10-15(16)18-14-33-25(2,3)23(18)26/h10-13,18,23H,6-9,14H2,1-5H3/t18-,23+/m1/s1. The van der Waals surface area contributed by atoms with Crippen molar-refractivity contribution in [1.82, 2.24) is 4.57 Å². The molecule has 2 aromatic rings. The number of fused-ring (bicyclic) bond motifs is 6. The number of hydrogen-bond acceptors (Lipinski definition) is 7. The Morgan fingerprint density at radius 2 is 1.97 bits per heavy atom. The summed E-state index contributed by atoms with van der Waals surface area (Å²) in [6, 6.07) is 5.30. The number of carbonyl (C=O) groups is 1. The van der Waals surface area contributed by atoms with Crippen molar-refractivity contribution in [3.8, 4) is 22.8 Å². The smallest absolute Gasteiger partial charge is 0.343 e. The van der Waals surface area contributed by atoms with Gasteiger partial charge in [-0.2, -0.15) is 0 Å². The van der Waals surface area contributed by atoms with Crippen molar-refractivity contribution < 1.29 is 28.5 Å². The SMILES string of the molecule is CCOC(=O)c1cn2c(cc1=O)-c1cc(OC)c(OCCCOC)cc1[C@H]1COC(C)(C)[C@H]12. The van der Waals surface area contributed by atoms with Crippen LogP contribution < -0.4 is 14.9 Å². The lowest BCUT2D eigenvalue weighted by Crippen LogP contribution is -2.36. The summed E-state index contributed by atoms with van der Waals surface area (Å²) in [5.74, 6) is 0.632. The molecule has 2 atom stereocenters. The largest absolute Gasteiger partial charge is 0.493 e. The highest BCUT2D eigenvalue weighted by Gasteiger charge is 2.49. The second-order valence-corrected chi connectivity index (χ2v) is 8.82. The number of hydrogen-bond donors (Lipinski definition) is 0. The van der Waals surface area contributed by atoms with E-state index >= 15 is 0 Å². The van der Waals surface area contributed by atoms with Gasteiger partial charge in [0.25, 0.3) is 0 Å². The van der Waals surface area contributed by atoms with E-state index in [1.807, 2.05) is 30.5 Å². The van der Waals surface area contributed by atoms with Crippen LogP contribution in [0.15, 0.2) is 29.2 Å². The predicted molar refractivity (Wildman–Crippen MR) is 122 cm³/mol. The van der Waals surface area contributed by atoms with Gasteiger partial charge in [-0.05, 0) is 38.5 Å². The second kappa shape index (κ2) is 9.19. The molecule has 8 nitrogen and oxygen atoms in total. The van der Waals surface area contributed by atoms with Crippen LogP contribution in [0.3, 0.4) is 0 Å². The summed E-state index contributed by atoms with van der Waals surface area (Å²) >= 11 is 0. The number of rotatable bonds is 8. The number of aromatic nitrogens is 1. The highest BCUT2D eigenvalue weighted by atomic mass is 16.5. The third kappa shape index (κ3) is 4.13. The fourth-order valence-corrected chi connectivity index (χ4v) is 4.87. The maximum Gasteiger partial charge on any atom is 0.343 e. The van der Waals surface area contributed by atoms with Gasteiger partial charge in [-0.1, -0.05) is 0 Å². The highest BCUT2D eigenvalue weighted by molar-refractivity contribution is 5.89. The number of pyridine rings is 1. The molecule has 0 saturated carbocycles. The van der Waals surface area contributed by atoms with Crippen molar-refractivity contribution in [2.45, 2.75) is 44.8 Å². The van der Waals surface area contributed by atoms with Gasteiger partial charge < -0.3 is 28.3 Å². The van der Waals surface area contributed by atoms with Crippen molar-refractivity contribution in [2.24, 2.45) is 0 Å². The minimum absolute atomic E-state index is 0.0206. The molecular formula is C25H31NO7. The summed E-state index contributed by atoms with van der Waals surface area (Å²) in [5, 5.41) is 0. The van der Waals surface area contributed by atoms with Crippen LogP contribution in [0, 0.1) is 0 Å². The van der Waals surface area contributed by atoms with Crippen molar-refractivity contribution in [3.05, 3.63) is 45.7 Å². The zero-order valence-corrected chi connectivity index (χ0v) is 19.8. The van der Waals surface area contributed by atoms with Crippen molar-refractivity contribution >= 4 is 5.97 Å². The molecule has 1 fully saturated rings. The van der Waals surface area contributed by atoms with Gasteiger partial charge in [0.2, 0.25) is 0 Å². The molecule has 0 aliphatic carbocycles. The van der Waals surface area contributed by atoms with Gasteiger partial charge >= 0.3 is 5.97 Å². The molecule has 33 heavy (non-hydrogen) atoms. The average molecular weight is 458 g/mol. The Morgan fingerprint density at radius 3 is 2.67 bits per heavy atom. The van der Waals surface area contributed by atoms with E-state index in [0.29, 0.717) is 37.0 Å². The van der Waals surface area contributed by atoms with E-state index in [9.17, 15) is 9.59 Å². The molecule has 2 aliphatic heterocycles. The van der Waals surface area contributed by atoms with Gasteiger partial charge in [0.1, 0.15) is 5.56 Å². The lowest BCUT2D eigenvalue weighted by atomic mass is 9.79. The zero-order valence-electron chi connectivity index (χ0n) is 19.8. The lowest BCUT2D eigenvalue weighted by molar-refractivity contribution is 0.0144. The first-order valence-corrected chi connectivity index (χ1v) is 11.2. The summed E-state index contributed by atoms with van der Waals surface area (Å²) < 4.78 is 30.0. The monoisotopic (exact) mass is 457 g/mol. The topological polar surface area (TPSA) is 85.2 Å². The van der Waals surface area contributed by atoms with Gasteiger partial charge in [0.15, 0.2) is 16.9 Å². The molecule has 3 heterocycles. The van der Waals surface area contributed by atoms with Crippen LogP contribution in [0.4, 0.5) is 0 Å². The van der Waals surface area contributed by atoms with Crippen LogP contribution in [-0.4, -0.2) is 56.8 Å². The van der Waals surface area contributed by atoms with E-state index in [1.165, 1.54) is 6.07 Å². The molecule has 178 valence electrons. The summed E-state index contributed by atoms with van der Waals surface area (Å²) in [5.41, 5.74) is 1.77. The third-order valence-corrected chi connectivity index (χ3v) is 6.36. The quantitative estimate of drug-likeness (QED) is 0.443. The van der Waals surface area contributed by atoms with E-state index < -0.39 is 11.6 Å². The molecule has 1 aromatic heterocycles. The lowest BCUT2D eigenvalue weighted by Gasteiger charge is -2.38. The van der Waals surface area contributed by atoms with Crippen LogP contribution in [-0.2, 0) is 14.2 Å². The first-order valence-electron chi connectivity index (χ1n) is 11.2. The molecule has 0 radical (unpaired) electrons. The van der Waals surface area contributed by atoms with Crippen LogP contribution in [0.1, 0.15) is 55.1 Å². The fourth-order valence-electron chi connectivity index (χ4n) is 4.87. The summed E-state index contributed by atoms with van der Waals surface area (Å²) in [6.07, 6.45) is 2.38. The molecule has 0 N–H and O–H groups in total. The predicted octanol–water partition coefficient (Wildman–Crippen LogP) is 3.56. The number of esters is 1. The van der Waals surface area contributed by atoms with E-state index in [-0.39, 0.29) is 29.6 Å². The van der Waals surface area contributed by atoms with E-state index in [4.69, 9.17) is 23.7 Å². The molecule has 1 aromatic carbocycles. The number of ether oxygens (including phenoxy) is 5.